The van der Waals surface area contributed by atoms with Gasteiger partial charge in [-0.1, -0.05) is 29.8 Å². The van der Waals surface area contributed by atoms with Crippen molar-refractivity contribution in [1.82, 2.24) is 9.78 Å². The highest BCUT2D eigenvalue weighted by atomic mass is 35.5. The van der Waals surface area contributed by atoms with Gasteiger partial charge in [-0.15, -0.1) is 0 Å². The molecule has 0 fully saturated rings. The zero-order valence-corrected chi connectivity index (χ0v) is 14.6. The van der Waals surface area contributed by atoms with Gasteiger partial charge in [0.1, 0.15) is 17.3 Å². The lowest BCUT2D eigenvalue weighted by atomic mass is 10.0. The van der Waals surface area contributed by atoms with E-state index in [4.69, 9.17) is 11.6 Å². The van der Waals surface area contributed by atoms with Gasteiger partial charge in [-0.3, -0.25) is 9.48 Å². The Bertz CT molecular complexity index is 1020. The van der Waals surface area contributed by atoms with Crippen LogP contribution in [0.5, 0.6) is 0 Å². The van der Waals surface area contributed by atoms with Crippen molar-refractivity contribution in [3.05, 3.63) is 70.5 Å². The smallest absolute Gasteiger partial charge is 0.282 e. The summed E-state index contributed by atoms with van der Waals surface area (Å²) < 4.78 is 55.0. The van der Waals surface area contributed by atoms with Gasteiger partial charge in [0.15, 0.2) is 0 Å². The zero-order chi connectivity index (χ0) is 19.7. The fourth-order valence-corrected chi connectivity index (χ4v) is 2.76. The van der Waals surface area contributed by atoms with Crippen LogP contribution in [0.2, 0.25) is 5.02 Å². The van der Waals surface area contributed by atoms with Crippen molar-refractivity contribution in [3.8, 4) is 11.1 Å². The minimum absolute atomic E-state index is 0.179. The predicted octanol–water partition coefficient (Wildman–Crippen LogP) is 5.21. The van der Waals surface area contributed by atoms with Gasteiger partial charge in [-0.05, 0) is 23.8 Å². The predicted molar refractivity (Wildman–Crippen MR) is 92.9 cm³/mol. The van der Waals surface area contributed by atoms with Gasteiger partial charge < -0.3 is 5.32 Å². The van der Waals surface area contributed by atoms with Crippen molar-refractivity contribution in [2.75, 3.05) is 5.32 Å². The second-order valence-corrected chi connectivity index (χ2v) is 6.05. The minimum atomic E-state index is -2.97. The average molecular weight is 398 g/mol. The zero-order valence-electron chi connectivity index (χ0n) is 13.8. The molecule has 0 spiro atoms. The molecule has 0 bridgehead atoms. The van der Waals surface area contributed by atoms with Gasteiger partial charge in [0, 0.05) is 18.8 Å². The summed E-state index contributed by atoms with van der Waals surface area (Å²) in [6.07, 6.45) is -1.85. The molecule has 0 aliphatic rings. The quantitative estimate of drug-likeness (QED) is 0.614. The highest BCUT2D eigenvalue weighted by Crippen LogP contribution is 2.33. The van der Waals surface area contributed by atoms with E-state index in [-0.39, 0.29) is 21.8 Å². The molecular weight excluding hydrogens is 386 g/mol. The number of amides is 1. The number of aryl methyl sites for hydroxylation is 1. The van der Waals surface area contributed by atoms with Gasteiger partial charge in [-0.2, -0.15) is 5.10 Å². The number of halogens is 5. The topological polar surface area (TPSA) is 46.9 Å². The second kappa shape index (κ2) is 7.40. The number of nitrogens with one attached hydrogen (secondary N) is 1. The number of benzene rings is 2. The van der Waals surface area contributed by atoms with Gasteiger partial charge in [0.2, 0.25) is 0 Å². The maximum atomic E-state index is 14.4. The van der Waals surface area contributed by atoms with E-state index in [0.29, 0.717) is 5.56 Å². The van der Waals surface area contributed by atoms with Crippen LogP contribution in [0.1, 0.15) is 22.5 Å². The molecule has 1 N–H and O–H groups in total. The molecule has 4 nitrogen and oxygen atoms in total. The Hall–Kier alpha value is -2.87. The average Bonchev–Trinajstić information content (AvgIpc) is 3.01. The van der Waals surface area contributed by atoms with Crippen molar-refractivity contribution in [3.63, 3.8) is 0 Å². The van der Waals surface area contributed by atoms with Crippen LogP contribution in [0.15, 0.2) is 42.6 Å². The Kier molecular flexibility index (Phi) is 5.18. The summed E-state index contributed by atoms with van der Waals surface area (Å²) in [7, 11) is 1.39. The molecule has 0 saturated carbocycles. The molecular formula is C18H12ClF4N3O. The van der Waals surface area contributed by atoms with Crippen molar-refractivity contribution < 1.29 is 22.4 Å². The molecule has 9 heteroatoms. The van der Waals surface area contributed by atoms with Crippen LogP contribution < -0.4 is 5.32 Å². The van der Waals surface area contributed by atoms with Gasteiger partial charge in [0.25, 0.3) is 12.3 Å². The lowest BCUT2D eigenvalue weighted by Crippen LogP contribution is -2.15. The maximum absolute atomic E-state index is 14.4. The Balaban J connectivity index is 2.03. The molecule has 0 atom stereocenters. The number of carbonyl (C=O) groups is 1. The molecule has 140 valence electrons. The van der Waals surface area contributed by atoms with Crippen LogP contribution in [0.25, 0.3) is 11.1 Å². The fourth-order valence-electron chi connectivity index (χ4n) is 2.58. The van der Waals surface area contributed by atoms with Crippen LogP contribution in [-0.4, -0.2) is 15.7 Å². The summed E-state index contributed by atoms with van der Waals surface area (Å²) >= 11 is 5.77. The maximum Gasteiger partial charge on any atom is 0.282 e. The largest absolute Gasteiger partial charge is 0.319 e. The molecule has 1 aromatic heterocycles. The molecule has 0 saturated heterocycles. The third kappa shape index (κ3) is 3.80. The van der Waals surface area contributed by atoms with Gasteiger partial charge >= 0.3 is 0 Å². The first-order valence-electron chi connectivity index (χ1n) is 7.65. The lowest BCUT2D eigenvalue weighted by Gasteiger charge is -2.13. The molecule has 2 aromatic carbocycles. The standard InChI is InChI=1S/C18H12ClF4N3O/c1-26-8-11(16(25-26)17(22)23)18(27)24-15-10(3-2-4-14(15)21)9-5-6-13(20)12(19)7-9/h2-8,17H,1H3,(H,24,27). The van der Waals surface area contributed by atoms with E-state index in [1.54, 1.807) is 0 Å². The first kappa shape index (κ1) is 18.9. The van der Waals surface area contributed by atoms with E-state index < -0.39 is 29.7 Å². The first-order chi connectivity index (χ1) is 12.8. The summed E-state index contributed by atoms with van der Waals surface area (Å²) in [6, 6.07) is 7.72. The van der Waals surface area contributed by atoms with E-state index in [9.17, 15) is 22.4 Å². The van der Waals surface area contributed by atoms with Crippen molar-refractivity contribution in [2.45, 2.75) is 6.43 Å². The van der Waals surface area contributed by atoms with E-state index in [1.165, 1.54) is 31.3 Å². The van der Waals surface area contributed by atoms with Crippen LogP contribution in [0.3, 0.4) is 0 Å². The number of nitrogens with zero attached hydrogens (tertiary/aromatic N) is 2. The molecule has 0 radical (unpaired) electrons. The number of hydrogen-bond donors (Lipinski definition) is 1. The molecule has 27 heavy (non-hydrogen) atoms. The van der Waals surface area contributed by atoms with E-state index >= 15 is 0 Å². The second-order valence-electron chi connectivity index (χ2n) is 5.65. The number of aromatic nitrogens is 2. The van der Waals surface area contributed by atoms with Crippen molar-refractivity contribution in [1.29, 1.82) is 0 Å². The number of para-hydroxylation sites is 1. The summed E-state index contributed by atoms with van der Waals surface area (Å²) in [5.74, 6) is -2.39. The summed E-state index contributed by atoms with van der Waals surface area (Å²) in [5.41, 5.74) is -0.769. The number of alkyl halides is 2. The molecule has 0 aliphatic carbocycles. The highest BCUT2D eigenvalue weighted by Gasteiger charge is 2.24. The van der Waals surface area contributed by atoms with Crippen LogP contribution in [0, 0.1) is 11.6 Å². The van der Waals surface area contributed by atoms with Gasteiger partial charge in [0.05, 0.1) is 16.3 Å². The SMILES string of the molecule is Cn1cc(C(=O)Nc2c(F)cccc2-c2ccc(F)c(Cl)c2)c(C(F)F)n1. The Morgan fingerprint density at radius 3 is 2.59 bits per heavy atom. The first-order valence-corrected chi connectivity index (χ1v) is 8.02. The van der Waals surface area contributed by atoms with Gasteiger partial charge in [-0.25, -0.2) is 17.6 Å². The monoisotopic (exact) mass is 397 g/mol. The minimum Gasteiger partial charge on any atom is -0.319 e. The molecule has 0 unspecified atom stereocenters. The van der Waals surface area contributed by atoms with E-state index in [0.717, 1.165) is 23.0 Å². The van der Waals surface area contributed by atoms with Crippen LogP contribution >= 0.6 is 11.6 Å². The molecule has 0 aliphatic heterocycles. The third-order valence-electron chi connectivity index (χ3n) is 3.79. The Morgan fingerprint density at radius 2 is 1.93 bits per heavy atom. The molecule has 3 rings (SSSR count). The number of hydrogen-bond acceptors (Lipinski definition) is 2. The Labute approximate surface area is 156 Å². The molecule has 1 amide bonds. The number of anilines is 1. The number of carbonyl (C=O) groups excluding carboxylic acids is 1. The van der Waals surface area contributed by atoms with E-state index in [2.05, 4.69) is 10.4 Å². The molecule has 3 aromatic rings. The third-order valence-corrected chi connectivity index (χ3v) is 4.08. The highest BCUT2D eigenvalue weighted by molar-refractivity contribution is 6.31. The lowest BCUT2D eigenvalue weighted by molar-refractivity contribution is 0.101. The van der Waals surface area contributed by atoms with Crippen LogP contribution in [-0.2, 0) is 7.05 Å². The van der Waals surface area contributed by atoms with Crippen molar-refractivity contribution in [2.24, 2.45) is 7.05 Å². The van der Waals surface area contributed by atoms with Crippen LogP contribution in [0.4, 0.5) is 23.2 Å². The Morgan fingerprint density at radius 1 is 1.19 bits per heavy atom. The van der Waals surface area contributed by atoms with Crippen molar-refractivity contribution >= 4 is 23.2 Å². The summed E-state index contributed by atoms with van der Waals surface area (Å²) in [5, 5.41) is 5.67. The fraction of sp³-hybridized carbons (Fsp3) is 0.111. The molecule has 1 heterocycles. The summed E-state index contributed by atoms with van der Waals surface area (Å²) in [6.45, 7) is 0. The normalized spacial score (nSPS) is 11.1. The number of rotatable bonds is 4. The summed E-state index contributed by atoms with van der Waals surface area (Å²) in [4.78, 5) is 12.5. The van der Waals surface area contributed by atoms with E-state index in [1.807, 2.05) is 0 Å².